The van der Waals surface area contributed by atoms with Crippen molar-refractivity contribution in [2.75, 3.05) is 6.61 Å². The summed E-state index contributed by atoms with van der Waals surface area (Å²) in [6, 6.07) is 3.73. The van der Waals surface area contributed by atoms with Crippen LogP contribution in [0.3, 0.4) is 0 Å². The van der Waals surface area contributed by atoms with E-state index in [9.17, 15) is 4.57 Å². The summed E-state index contributed by atoms with van der Waals surface area (Å²) in [6.45, 7) is 0.505. The van der Waals surface area contributed by atoms with Crippen LogP contribution in [0.25, 0.3) is 0 Å². The lowest BCUT2D eigenvalue weighted by Gasteiger charge is -2.22. The summed E-state index contributed by atoms with van der Waals surface area (Å²) < 4.78 is 21.0. The van der Waals surface area contributed by atoms with Gasteiger partial charge in [0.05, 0.1) is 12.7 Å². The molecule has 0 amide bonds. The smallest absolute Gasteiger partial charge is 0.311 e. The highest BCUT2D eigenvalue weighted by Crippen LogP contribution is 2.39. The predicted octanol–water partition coefficient (Wildman–Crippen LogP) is 1.95. The molecule has 0 radical (unpaired) electrons. The van der Waals surface area contributed by atoms with Crippen LogP contribution in [0.5, 0.6) is 0 Å². The minimum absolute atomic E-state index is 0.0943. The standard InChI is InChI=1S/C8H10NO3P/c10-13-11-6-3-8(12-13)7-1-4-9-5-2-7/h1-2,4-5,8,13H,3,6H2. The molecule has 0 bridgehead atoms. The third-order valence-corrected chi connectivity index (χ3v) is 2.83. The van der Waals surface area contributed by atoms with Crippen molar-refractivity contribution >= 4 is 8.25 Å². The topological polar surface area (TPSA) is 48.4 Å². The van der Waals surface area contributed by atoms with Crippen LogP contribution < -0.4 is 0 Å². The highest BCUT2D eigenvalue weighted by Gasteiger charge is 2.20. The summed E-state index contributed by atoms with van der Waals surface area (Å²) in [6.07, 6.45) is 4.06. The van der Waals surface area contributed by atoms with E-state index < -0.39 is 8.25 Å². The van der Waals surface area contributed by atoms with Gasteiger partial charge in [0.15, 0.2) is 0 Å². The molecular weight excluding hydrogens is 189 g/mol. The Balaban J connectivity index is 2.13. The summed E-state index contributed by atoms with van der Waals surface area (Å²) in [7, 11) is -2.26. The fraction of sp³-hybridized carbons (Fsp3) is 0.375. The molecule has 70 valence electrons. The van der Waals surface area contributed by atoms with Gasteiger partial charge in [-0.1, -0.05) is 0 Å². The minimum atomic E-state index is -2.26. The lowest BCUT2D eigenvalue weighted by molar-refractivity contribution is 0.0968. The zero-order valence-corrected chi connectivity index (χ0v) is 7.97. The van der Waals surface area contributed by atoms with Gasteiger partial charge in [0.25, 0.3) is 0 Å². The molecule has 2 unspecified atom stereocenters. The Labute approximate surface area is 76.8 Å². The average Bonchev–Trinajstić information content (AvgIpc) is 2.19. The van der Waals surface area contributed by atoms with Crippen LogP contribution in [0.1, 0.15) is 18.1 Å². The molecule has 0 aromatic carbocycles. The van der Waals surface area contributed by atoms with Crippen molar-refractivity contribution in [1.82, 2.24) is 4.98 Å². The highest BCUT2D eigenvalue weighted by atomic mass is 31.1. The Hall–Kier alpha value is -0.700. The van der Waals surface area contributed by atoms with E-state index >= 15 is 0 Å². The molecule has 2 heterocycles. The molecule has 0 N–H and O–H groups in total. The van der Waals surface area contributed by atoms with Gasteiger partial charge in [-0.05, 0) is 17.7 Å². The van der Waals surface area contributed by atoms with E-state index in [4.69, 9.17) is 9.05 Å². The van der Waals surface area contributed by atoms with E-state index in [1.165, 1.54) is 0 Å². The Morgan fingerprint density at radius 2 is 2.23 bits per heavy atom. The van der Waals surface area contributed by atoms with Gasteiger partial charge in [0.2, 0.25) is 0 Å². The number of hydrogen-bond donors (Lipinski definition) is 0. The van der Waals surface area contributed by atoms with Crippen LogP contribution >= 0.6 is 8.25 Å². The predicted molar refractivity (Wildman–Crippen MR) is 47.6 cm³/mol. The molecule has 1 saturated heterocycles. The summed E-state index contributed by atoms with van der Waals surface area (Å²) in [5.74, 6) is 0. The van der Waals surface area contributed by atoms with Gasteiger partial charge in [0, 0.05) is 18.8 Å². The third kappa shape index (κ3) is 2.15. The molecule has 1 aromatic rings. The molecule has 5 heteroatoms. The lowest BCUT2D eigenvalue weighted by Crippen LogP contribution is -2.09. The summed E-state index contributed by atoms with van der Waals surface area (Å²) >= 11 is 0. The zero-order valence-electron chi connectivity index (χ0n) is 6.97. The maximum absolute atomic E-state index is 11.0. The maximum Gasteiger partial charge on any atom is 0.319 e. The van der Waals surface area contributed by atoms with Crippen LogP contribution in [0, 0.1) is 0 Å². The Morgan fingerprint density at radius 3 is 2.92 bits per heavy atom. The molecule has 0 saturated carbocycles. The van der Waals surface area contributed by atoms with E-state index in [0.29, 0.717) is 6.61 Å². The van der Waals surface area contributed by atoms with Crippen molar-refractivity contribution in [1.29, 1.82) is 0 Å². The normalized spacial score (nSPS) is 28.6. The monoisotopic (exact) mass is 199 g/mol. The Kier molecular flexibility index (Phi) is 2.74. The first-order valence-electron chi connectivity index (χ1n) is 4.09. The van der Waals surface area contributed by atoms with Gasteiger partial charge < -0.3 is 9.05 Å². The van der Waals surface area contributed by atoms with E-state index in [-0.39, 0.29) is 6.10 Å². The first-order valence-corrected chi connectivity index (χ1v) is 5.32. The minimum Gasteiger partial charge on any atom is -0.311 e. The molecule has 4 nitrogen and oxygen atoms in total. The fourth-order valence-corrected chi connectivity index (χ4v) is 2.11. The number of hydrogen-bond acceptors (Lipinski definition) is 4. The largest absolute Gasteiger partial charge is 0.319 e. The zero-order chi connectivity index (χ0) is 9.10. The maximum atomic E-state index is 11.0. The van der Waals surface area contributed by atoms with Gasteiger partial charge >= 0.3 is 8.25 Å². The molecule has 1 aliphatic heterocycles. The van der Waals surface area contributed by atoms with Crippen molar-refractivity contribution in [3.63, 3.8) is 0 Å². The van der Waals surface area contributed by atoms with Crippen LogP contribution in [0.2, 0.25) is 0 Å². The van der Waals surface area contributed by atoms with E-state index in [0.717, 1.165) is 12.0 Å². The lowest BCUT2D eigenvalue weighted by atomic mass is 10.1. The van der Waals surface area contributed by atoms with Crippen LogP contribution in [0.15, 0.2) is 24.5 Å². The first-order chi connectivity index (χ1) is 6.36. The molecular formula is C8H10NO3P. The molecule has 13 heavy (non-hydrogen) atoms. The van der Waals surface area contributed by atoms with Crippen LogP contribution in [0.4, 0.5) is 0 Å². The quantitative estimate of drug-likeness (QED) is 0.648. The summed E-state index contributed by atoms with van der Waals surface area (Å²) in [4.78, 5) is 3.90. The third-order valence-electron chi connectivity index (χ3n) is 1.92. The number of rotatable bonds is 1. The van der Waals surface area contributed by atoms with Crippen molar-refractivity contribution in [2.24, 2.45) is 0 Å². The summed E-state index contributed by atoms with van der Waals surface area (Å²) in [5.41, 5.74) is 1.01. The Morgan fingerprint density at radius 1 is 1.46 bits per heavy atom. The second-order valence-electron chi connectivity index (χ2n) is 2.77. The van der Waals surface area contributed by atoms with E-state index in [2.05, 4.69) is 4.98 Å². The molecule has 1 fully saturated rings. The molecule has 1 aliphatic rings. The van der Waals surface area contributed by atoms with E-state index in [1.807, 2.05) is 12.1 Å². The van der Waals surface area contributed by atoms with Crippen molar-refractivity contribution < 1.29 is 13.6 Å². The first kappa shape index (κ1) is 8.88. The molecule has 1 aromatic heterocycles. The average molecular weight is 199 g/mol. The fourth-order valence-electron chi connectivity index (χ4n) is 1.27. The Bertz CT molecular complexity index is 304. The van der Waals surface area contributed by atoms with Crippen molar-refractivity contribution in [3.05, 3.63) is 30.1 Å². The SMILES string of the molecule is O=[PH]1OCCC(c2ccncc2)O1. The van der Waals surface area contributed by atoms with Crippen LogP contribution in [-0.4, -0.2) is 11.6 Å². The molecule has 2 rings (SSSR count). The molecule has 0 aliphatic carbocycles. The molecule has 0 spiro atoms. The molecule has 2 atom stereocenters. The van der Waals surface area contributed by atoms with Gasteiger partial charge in [-0.25, -0.2) is 0 Å². The van der Waals surface area contributed by atoms with E-state index in [1.54, 1.807) is 12.4 Å². The summed E-state index contributed by atoms with van der Waals surface area (Å²) in [5, 5.41) is 0. The second kappa shape index (κ2) is 4.01. The van der Waals surface area contributed by atoms with Gasteiger partial charge in [0.1, 0.15) is 0 Å². The highest BCUT2D eigenvalue weighted by molar-refractivity contribution is 7.33. The van der Waals surface area contributed by atoms with Gasteiger partial charge in [-0.15, -0.1) is 0 Å². The van der Waals surface area contributed by atoms with Gasteiger partial charge in [-0.3, -0.25) is 9.55 Å². The second-order valence-corrected chi connectivity index (χ2v) is 3.80. The van der Waals surface area contributed by atoms with Crippen LogP contribution in [-0.2, 0) is 13.6 Å². The number of nitrogens with zero attached hydrogens (tertiary/aromatic N) is 1. The van der Waals surface area contributed by atoms with Crippen molar-refractivity contribution in [2.45, 2.75) is 12.5 Å². The number of pyridine rings is 1. The number of aromatic nitrogens is 1. The van der Waals surface area contributed by atoms with Gasteiger partial charge in [-0.2, -0.15) is 0 Å². The van der Waals surface area contributed by atoms with Crippen molar-refractivity contribution in [3.8, 4) is 0 Å².